The highest BCUT2D eigenvalue weighted by atomic mass is 32.2. The van der Waals surface area contributed by atoms with Crippen LogP contribution >= 0.6 is 0 Å². The molecule has 6 heteroatoms. The van der Waals surface area contributed by atoms with Gasteiger partial charge in [0.1, 0.15) is 5.82 Å². The molecule has 1 unspecified atom stereocenters. The minimum atomic E-state index is -3.25. The van der Waals surface area contributed by atoms with Gasteiger partial charge in [0.25, 0.3) is 0 Å². The minimum absolute atomic E-state index is 0.0165. The number of H-pyrrole nitrogens is 1. The summed E-state index contributed by atoms with van der Waals surface area (Å²) >= 11 is 0. The number of hydrogen-bond acceptors (Lipinski definition) is 3. The SMILES string of the molecule is CC(NS(=O)(=O)CCC(C)(C)C)c1ncc[nH]1. The van der Waals surface area contributed by atoms with E-state index in [1.54, 1.807) is 19.3 Å². The summed E-state index contributed by atoms with van der Waals surface area (Å²) < 4.78 is 26.3. The van der Waals surface area contributed by atoms with E-state index < -0.39 is 10.0 Å². The maximum Gasteiger partial charge on any atom is 0.212 e. The van der Waals surface area contributed by atoms with Gasteiger partial charge in [-0.1, -0.05) is 20.8 Å². The molecule has 1 aromatic heterocycles. The fourth-order valence-corrected chi connectivity index (χ4v) is 2.99. The van der Waals surface area contributed by atoms with Crippen LogP contribution in [0, 0.1) is 5.41 Å². The molecule has 0 aromatic carbocycles. The van der Waals surface area contributed by atoms with Crippen molar-refractivity contribution in [2.75, 3.05) is 5.75 Å². The lowest BCUT2D eigenvalue weighted by Gasteiger charge is -2.19. The van der Waals surface area contributed by atoms with Gasteiger partial charge in [-0.05, 0) is 18.8 Å². The second kappa shape index (κ2) is 5.18. The van der Waals surface area contributed by atoms with E-state index in [1.807, 2.05) is 20.8 Å². The molecule has 17 heavy (non-hydrogen) atoms. The molecule has 0 aliphatic heterocycles. The van der Waals surface area contributed by atoms with Crippen molar-refractivity contribution in [2.24, 2.45) is 5.41 Å². The molecular formula is C11H21N3O2S. The summed E-state index contributed by atoms with van der Waals surface area (Å²) in [6.45, 7) is 7.85. The summed E-state index contributed by atoms with van der Waals surface area (Å²) in [7, 11) is -3.25. The molecule has 1 heterocycles. The number of rotatable bonds is 5. The largest absolute Gasteiger partial charge is 0.347 e. The van der Waals surface area contributed by atoms with Crippen LogP contribution in [0.2, 0.25) is 0 Å². The molecule has 0 saturated carbocycles. The van der Waals surface area contributed by atoms with Crippen molar-refractivity contribution in [1.82, 2.24) is 14.7 Å². The van der Waals surface area contributed by atoms with Crippen LogP contribution in [0.5, 0.6) is 0 Å². The fourth-order valence-electron chi connectivity index (χ4n) is 1.34. The Balaban J connectivity index is 2.55. The Kier molecular flexibility index (Phi) is 4.32. The molecule has 1 aromatic rings. The molecule has 0 aliphatic rings. The van der Waals surface area contributed by atoms with Gasteiger partial charge in [0.2, 0.25) is 10.0 Å². The first-order valence-electron chi connectivity index (χ1n) is 5.69. The topological polar surface area (TPSA) is 74.8 Å². The molecule has 0 aliphatic carbocycles. The first-order valence-corrected chi connectivity index (χ1v) is 7.34. The first kappa shape index (κ1) is 14.2. The number of hydrogen-bond donors (Lipinski definition) is 2. The molecule has 0 bridgehead atoms. The zero-order valence-electron chi connectivity index (χ0n) is 10.8. The highest BCUT2D eigenvalue weighted by Gasteiger charge is 2.20. The molecule has 0 radical (unpaired) electrons. The van der Waals surface area contributed by atoms with E-state index in [1.165, 1.54) is 0 Å². The smallest absolute Gasteiger partial charge is 0.212 e. The third kappa shape index (κ3) is 5.32. The van der Waals surface area contributed by atoms with Crippen molar-refractivity contribution < 1.29 is 8.42 Å². The van der Waals surface area contributed by atoms with Crippen LogP contribution in [0.4, 0.5) is 0 Å². The summed E-state index contributed by atoms with van der Waals surface area (Å²) in [5.74, 6) is 0.769. The summed E-state index contributed by atoms with van der Waals surface area (Å²) in [4.78, 5) is 6.92. The predicted molar refractivity (Wildman–Crippen MR) is 68.0 cm³/mol. The van der Waals surface area contributed by atoms with E-state index >= 15 is 0 Å². The molecular weight excluding hydrogens is 238 g/mol. The van der Waals surface area contributed by atoms with Gasteiger partial charge in [0.05, 0.1) is 11.8 Å². The van der Waals surface area contributed by atoms with Crippen LogP contribution < -0.4 is 4.72 Å². The maximum atomic E-state index is 11.8. The van der Waals surface area contributed by atoms with Crippen LogP contribution in [0.1, 0.15) is 46.0 Å². The zero-order valence-corrected chi connectivity index (χ0v) is 11.6. The number of aromatic nitrogens is 2. The van der Waals surface area contributed by atoms with Gasteiger partial charge < -0.3 is 4.98 Å². The normalized spacial score (nSPS) is 14.8. The van der Waals surface area contributed by atoms with E-state index in [9.17, 15) is 8.42 Å². The van der Waals surface area contributed by atoms with Crippen molar-refractivity contribution in [2.45, 2.75) is 40.2 Å². The van der Waals surface area contributed by atoms with Gasteiger partial charge in [0.15, 0.2) is 0 Å². The monoisotopic (exact) mass is 259 g/mol. The standard InChI is InChI=1S/C11H21N3O2S/c1-9(10-12-6-7-13-10)14-17(15,16)8-5-11(2,3)4/h6-7,9,14H,5,8H2,1-4H3,(H,12,13). The van der Waals surface area contributed by atoms with Crippen LogP contribution in [0.15, 0.2) is 12.4 Å². The van der Waals surface area contributed by atoms with Crippen LogP contribution in [0.25, 0.3) is 0 Å². The average molecular weight is 259 g/mol. The predicted octanol–water partition coefficient (Wildman–Crippen LogP) is 1.83. The van der Waals surface area contributed by atoms with Crippen molar-refractivity contribution in [1.29, 1.82) is 0 Å². The van der Waals surface area contributed by atoms with E-state index in [0.717, 1.165) is 0 Å². The highest BCUT2D eigenvalue weighted by Crippen LogP contribution is 2.19. The molecule has 2 N–H and O–H groups in total. The number of sulfonamides is 1. The van der Waals surface area contributed by atoms with Gasteiger partial charge in [-0.25, -0.2) is 18.1 Å². The third-order valence-corrected chi connectivity index (χ3v) is 3.86. The van der Waals surface area contributed by atoms with Crippen LogP contribution in [-0.2, 0) is 10.0 Å². The summed E-state index contributed by atoms with van der Waals surface area (Å²) in [5, 5.41) is 0. The summed E-state index contributed by atoms with van der Waals surface area (Å²) in [6, 6.07) is -0.324. The molecule has 0 spiro atoms. The second-order valence-electron chi connectivity index (χ2n) is 5.44. The minimum Gasteiger partial charge on any atom is -0.347 e. The van der Waals surface area contributed by atoms with Gasteiger partial charge >= 0.3 is 0 Å². The summed E-state index contributed by atoms with van der Waals surface area (Å²) in [5.41, 5.74) is 0.0165. The summed E-state index contributed by atoms with van der Waals surface area (Å²) in [6.07, 6.45) is 3.91. The molecule has 1 rings (SSSR count). The van der Waals surface area contributed by atoms with E-state index in [0.29, 0.717) is 12.2 Å². The number of aromatic amines is 1. The van der Waals surface area contributed by atoms with Crippen LogP contribution in [0.3, 0.4) is 0 Å². The van der Waals surface area contributed by atoms with E-state index in [2.05, 4.69) is 14.7 Å². The van der Waals surface area contributed by atoms with Crippen molar-refractivity contribution in [3.8, 4) is 0 Å². The Morgan fingerprint density at radius 2 is 2.12 bits per heavy atom. The lowest BCUT2D eigenvalue weighted by molar-refractivity contribution is 0.395. The molecule has 5 nitrogen and oxygen atoms in total. The van der Waals surface area contributed by atoms with E-state index in [-0.39, 0.29) is 17.2 Å². The average Bonchev–Trinajstić information content (AvgIpc) is 2.66. The molecule has 98 valence electrons. The maximum absolute atomic E-state index is 11.8. The lowest BCUT2D eigenvalue weighted by atomic mass is 9.94. The molecule has 1 atom stereocenters. The second-order valence-corrected chi connectivity index (χ2v) is 7.32. The molecule has 0 saturated heterocycles. The van der Waals surface area contributed by atoms with Crippen molar-refractivity contribution >= 4 is 10.0 Å². The number of imidazole rings is 1. The molecule has 0 amide bonds. The lowest BCUT2D eigenvalue weighted by Crippen LogP contribution is -2.31. The van der Waals surface area contributed by atoms with Gasteiger partial charge in [-0.15, -0.1) is 0 Å². The Morgan fingerprint density at radius 3 is 2.59 bits per heavy atom. The van der Waals surface area contributed by atoms with Crippen molar-refractivity contribution in [3.05, 3.63) is 18.2 Å². The molecule has 0 fully saturated rings. The van der Waals surface area contributed by atoms with E-state index in [4.69, 9.17) is 0 Å². The Labute approximate surface area is 103 Å². The fraction of sp³-hybridized carbons (Fsp3) is 0.727. The third-order valence-electron chi connectivity index (χ3n) is 2.41. The van der Waals surface area contributed by atoms with Gasteiger partial charge in [0, 0.05) is 12.4 Å². The Bertz CT molecular complexity index is 432. The highest BCUT2D eigenvalue weighted by molar-refractivity contribution is 7.89. The zero-order chi connectivity index (χ0) is 13.1. The first-order chi connectivity index (χ1) is 7.70. The number of nitrogens with zero attached hydrogens (tertiary/aromatic N) is 1. The number of nitrogens with one attached hydrogen (secondary N) is 2. The van der Waals surface area contributed by atoms with Gasteiger partial charge in [-0.2, -0.15) is 0 Å². The van der Waals surface area contributed by atoms with Crippen LogP contribution in [-0.4, -0.2) is 24.1 Å². The Morgan fingerprint density at radius 1 is 1.47 bits per heavy atom. The van der Waals surface area contributed by atoms with Crippen molar-refractivity contribution in [3.63, 3.8) is 0 Å². The van der Waals surface area contributed by atoms with Gasteiger partial charge in [-0.3, -0.25) is 0 Å². The Hall–Kier alpha value is -0.880. The quantitative estimate of drug-likeness (QED) is 0.847.